The van der Waals surface area contributed by atoms with Crippen molar-refractivity contribution >= 4 is 17.9 Å². The maximum Gasteiger partial charge on any atom is 0.350 e. The zero-order valence-corrected chi connectivity index (χ0v) is 13.2. The lowest BCUT2D eigenvalue weighted by molar-refractivity contribution is -0.174. The van der Waals surface area contributed by atoms with Crippen molar-refractivity contribution in [1.29, 1.82) is 0 Å². The second kappa shape index (κ2) is 6.16. The van der Waals surface area contributed by atoms with Gasteiger partial charge in [-0.15, -0.1) is 0 Å². The van der Waals surface area contributed by atoms with Crippen LogP contribution < -0.4 is 11.2 Å². The van der Waals surface area contributed by atoms with E-state index in [2.05, 4.69) is 0 Å². The van der Waals surface area contributed by atoms with Gasteiger partial charge in [0.2, 0.25) is 6.10 Å². The minimum Gasteiger partial charge on any atom is -0.454 e. The standard InChI is InChI=1S/C14H14N2O9/c1-5(17)22-10-8-9(11(13(20)25-8)23-6(2)18)24-12(10)16-4-3-7(19)15-14(16)21/h3-4,8-12H,1-2H3,(H,15,19,21)/t8-,9-,10-,11-,12-/m0/s1. The van der Waals surface area contributed by atoms with E-state index in [0.29, 0.717) is 0 Å². The molecule has 3 rings (SSSR count). The number of ether oxygens (including phenoxy) is 4. The van der Waals surface area contributed by atoms with Crippen molar-refractivity contribution in [2.24, 2.45) is 0 Å². The topological polar surface area (TPSA) is 143 Å². The highest BCUT2D eigenvalue weighted by Gasteiger charge is 2.61. The van der Waals surface area contributed by atoms with Crippen LogP contribution in [0.15, 0.2) is 21.9 Å². The molecule has 0 unspecified atom stereocenters. The first kappa shape index (κ1) is 16.9. The molecule has 0 bridgehead atoms. The first-order chi connectivity index (χ1) is 11.8. The van der Waals surface area contributed by atoms with Gasteiger partial charge < -0.3 is 18.9 Å². The molecule has 1 aromatic heterocycles. The van der Waals surface area contributed by atoms with Gasteiger partial charge in [0.05, 0.1) is 0 Å². The summed E-state index contributed by atoms with van der Waals surface area (Å²) in [5.41, 5.74) is -1.42. The third kappa shape index (κ3) is 3.05. The van der Waals surface area contributed by atoms with Crippen molar-refractivity contribution in [2.45, 2.75) is 44.5 Å². The van der Waals surface area contributed by atoms with E-state index in [1.807, 2.05) is 4.98 Å². The summed E-state index contributed by atoms with van der Waals surface area (Å²) in [4.78, 5) is 59.7. The number of rotatable bonds is 3. The maximum absolute atomic E-state index is 12.0. The molecule has 5 atom stereocenters. The van der Waals surface area contributed by atoms with Crippen LogP contribution in [-0.4, -0.2) is 51.9 Å². The quantitative estimate of drug-likeness (QED) is 0.492. The van der Waals surface area contributed by atoms with E-state index in [1.54, 1.807) is 0 Å². The molecule has 0 aliphatic carbocycles. The Morgan fingerprint density at radius 2 is 1.80 bits per heavy atom. The van der Waals surface area contributed by atoms with Gasteiger partial charge in [0, 0.05) is 26.1 Å². The fraction of sp³-hybridized carbons (Fsp3) is 0.500. The number of aromatic amines is 1. The average Bonchev–Trinajstić information content (AvgIpc) is 2.97. The molecule has 0 spiro atoms. The highest BCUT2D eigenvalue weighted by Crippen LogP contribution is 2.39. The number of nitrogens with one attached hydrogen (secondary N) is 1. The Balaban J connectivity index is 1.97. The molecule has 11 heteroatoms. The van der Waals surface area contributed by atoms with Crippen LogP contribution in [0.4, 0.5) is 0 Å². The molecular weight excluding hydrogens is 340 g/mol. The van der Waals surface area contributed by atoms with E-state index in [-0.39, 0.29) is 0 Å². The number of nitrogens with zero attached hydrogens (tertiary/aromatic N) is 1. The number of H-pyrrole nitrogens is 1. The molecule has 3 heterocycles. The van der Waals surface area contributed by atoms with Crippen LogP contribution in [0.1, 0.15) is 20.1 Å². The third-order valence-corrected chi connectivity index (χ3v) is 3.73. The van der Waals surface area contributed by atoms with Gasteiger partial charge in [0.25, 0.3) is 5.56 Å². The number of carbonyl (C=O) groups excluding carboxylic acids is 3. The lowest BCUT2D eigenvalue weighted by Gasteiger charge is -2.22. The van der Waals surface area contributed by atoms with E-state index in [0.717, 1.165) is 30.7 Å². The fourth-order valence-electron chi connectivity index (χ4n) is 2.84. The number of fused-ring (bicyclic) bond motifs is 1. The summed E-state index contributed by atoms with van der Waals surface area (Å²) >= 11 is 0. The molecule has 25 heavy (non-hydrogen) atoms. The molecule has 0 saturated carbocycles. The van der Waals surface area contributed by atoms with Gasteiger partial charge in [-0.1, -0.05) is 0 Å². The first-order valence-corrected chi connectivity index (χ1v) is 7.30. The van der Waals surface area contributed by atoms with Crippen molar-refractivity contribution in [1.82, 2.24) is 9.55 Å². The van der Waals surface area contributed by atoms with Crippen LogP contribution in [0.2, 0.25) is 0 Å². The van der Waals surface area contributed by atoms with Gasteiger partial charge >= 0.3 is 23.6 Å². The van der Waals surface area contributed by atoms with Crippen molar-refractivity contribution in [3.05, 3.63) is 33.1 Å². The van der Waals surface area contributed by atoms with Gasteiger partial charge in [-0.2, -0.15) is 0 Å². The third-order valence-electron chi connectivity index (χ3n) is 3.73. The maximum atomic E-state index is 12.0. The summed E-state index contributed by atoms with van der Waals surface area (Å²) in [6.45, 7) is 2.25. The van der Waals surface area contributed by atoms with Crippen LogP contribution in [-0.2, 0) is 33.3 Å². The van der Waals surface area contributed by atoms with Crippen molar-refractivity contribution in [3.63, 3.8) is 0 Å². The van der Waals surface area contributed by atoms with Gasteiger partial charge in [-0.25, -0.2) is 9.59 Å². The van der Waals surface area contributed by atoms with E-state index in [9.17, 15) is 24.0 Å². The van der Waals surface area contributed by atoms with E-state index in [1.165, 1.54) is 0 Å². The van der Waals surface area contributed by atoms with Crippen LogP contribution in [0.25, 0.3) is 0 Å². The zero-order chi connectivity index (χ0) is 18.3. The first-order valence-electron chi connectivity index (χ1n) is 7.30. The van der Waals surface area contributed by atoms with Gasteiger partial charge in [-0.05, 0) is 0 Å². The number of carbonyl (C=O) groups is 3. The summed E-state index contributed by atoms with van der Waals surface area (Å²) in [7, 11) is 0. The molecule has 1 aromatic rings. The molecular formula is C14H14N2O9. The number of esters is 3. The monoisotopic (exact) mass is 354 g/mol. The Morgan fingerprint density at radius 3 is 2.40 bits per heavy atom. The Kier molecular flexibility index (Phi) is 4.17. The SMILES string of the molecule is CC(=O)O[C@H]1[C@H]2OC(=O)[C@@H](OC(C)=O)[C@H]2O[C@@H]1n1ccc(=O)[nH]c1=O. The molecule has 2 fully saturated rings. The van der Waals surface area contributed by atoms with E-state index in [4.69, 9.17) is 18.9 Å². The molecule has 134 valence electrons. The summed E-state index contributed by atoms with van der Waals surface area (Å²) < 4.78 is 21.8. The van der Waals surface area contributed by atoms with Crippen LogP contribution in [0, 0.1) is 0 Å². The van der Waals surface area contributed by atoms with E-state index < -0.39 is 59.8 Å². The predicted molar refractivity (Wildman–Crippen MR) is 76.2 cm³/mol. The molecule has 0 aromatic carbocycles. The Hall–Kier alpha value is -2.95. The number of hydrogen-bond donors (Lipinski definition) is 1. The normalized spacial score (nSPS) is 30.5. The largest absolute Gasteiger partial charge is 0.454 e. The van der Waals surface area contributed by atoms with Gasteiger partial charge in [-0.3, -0.25) is 23.9 Å². The fourth-order valence-corrected chi connectivity index (χ4v) is 2.84. The van der Waals surface area contributed by atoms with E-state index >= 15 is 0 Å². The smallest absolute Gasteiger partial charge is 0.350 e. The van der Waals surface area contributed by atoms with Crippen LogP contribution in [0.3, 0.4) is 0 Å². The number of aromatic nitrogens is 2. The van der Waals surface area contributed by atoms with Gasteiger partial charge in [0.1, 0.15) is 6.10 Å². The minimum atomic E-state index is -1.34. The summed E-state index contributed by atoms with van der Waals surface area (Å²) in [5, 5.41) is 0. The molecule has 1 N–H and O–H groups in total. The zero-order valence-electron chi connectivity index (χ0n) is 13.2. The van der Waals surface area contributed by atoms with Gasteiger partial charge in [0.15, 0.2) is 18.4 Å². The van der Waals surface area contributed by atoms with Crippen LogP contribution in [0.5, 0.6) is 0 Å². The highest BCUT2D eigenvalue weighted by atomic mass is 16.7. The molecule has 0 amide bonds. The average molecular weight is 354 g/mol. The Labute approximate surface area is 139 Å². The molecule has 11 nitrogen and oxygen atoms in total. The lowest BCUT2D eigenvalue weighted by atomic mass is 10.1. The highest BCUT2D eigenvalue weighted by molar-refractivity contribution is 5.81. The summed E-state index contributed by atoms with van der Waals surface area (Å²) in [6.07, 6.45) is -4.64. The molecule has 2 aliphatic heterocycles. The Morgan fingerprint density at radius 1 is 1.12 bits per heavy atom. The second-order valence-electron chi connectivity index (χ2n) is 5.51. The minimum absolute atomic E-state index is 0.618. The van der Waals surface area contributed by atoms with Crippen molar-refractivity contribution in [3.8, 4) is 0 Å². The summed E-state index contributed by atoms with van der Waals surface area (Å²) in [6, 6.07) is 1.08. The predicted octanol–water partition coefficient (Wildman–Crippen LogP) is -1.78. The Bertz CT molecular complexity index is 841. The lowest BCUT2D eigenvalue weighted by Crippen LogP contribution is -2.40. The summed E-state index contributed by atoms with van der Waals surface area (Å²) in [5.74, 6) is -2.25. The van der Waals surface area contributed by atoms with Crippen molar-refractivity contribution in [2.75, 3.05) is 0 Å². The molecule has 2 aliphatic rings. The molecule has 2 saturated heterocycles. The van der Waals surface area contributed by atoms with Crippen molar-refractivity contribution < 1.29 is 33.3 Å². The number of hydrogen-bond acceptors (Lipinski definition) is 9. The molecule has 0 radical (unpaired) electrons. The second-order valence-corrected chi connectivity index (χ2v) is 5.51. The van der Waals surface area contributed by atoms with Crippen LogP contribution >= 0.6 is 0 Å².